The number of carbonyl (C=O) groups is 1. The smallest absolute Gasteiger partial charge is 0.410 e. The summed E-state index contributed by atoms with van der Waals surface area (Å²) in [7, 11) is 0. The molecule has 1 amide bonds. The number of hydrogen-bond donors (Lipinski definition) is 1. The maximum atomic E-state index is 11.8. The van der Waals surface area contributed by atoms with Crippen molar-refractivity contribution in [3.63, 3.8) is 0 Å². The van der Waals surface area contributed by atoms with E-state index in [0.29, 0.717) is 19.5 Å². The van der Waals surface area contributed by atoms with E-state index < -0.39 is 5.60 Å². The van der Waals surface area contributed by atoms with Crippen LogP contribution in [0.25, 0.3) is 0 Å². The normalized spacial score (nSPS) is 20.7. The zero-order chi connectivity index (χ0) is 12.2. The second-order valence-corrected chi connectivity index (χ2v) is 4.99. The molecule has 0 aliphatic carbocycles. The number of amides is 1. The van der Waals surface area contributed by atoms with Crippen molar-refractivity contribution in [3.05, 3.63) is 0 Å². The van der Waals surface area contributed by atoms with E-state index in [1.165, 1.54) is 0 Å². The summed E-state index contributed by atoms with van der Waals surface area (Å²) in [4.78, 5) is 13.4. The van der Waals surface area contributed by atoms with Crippen molar-refractivity contribution in [3.8, 4) is 0 Å². The minimum absolute atomic E-state index is 0.285. The first kappa shape index (κ1) is 12.8. The molecule has 16 heavy (non-hydrogen) atoms. The lowest BCUT2D eigenvalue weighted by Crippen LogP contribution is -2.37. The molecule has 1 N–H and O–H groups in total. The van der Waals surface area contributed by atoms with Crippen LogP contribution in [-0.2, 0) is 4.74 Å². The molecule has 1 aliphatic rings. The van der Waals surface area contributed by atoms with Crippen LogP contribution in [0.5, 0.6) is 0 Å². The highest BCUT2D eigenvalue weighted by Crippen LogP contribution is 2.14. The molecule has 0 bridgehead atoms. The van der Waals surface area contributed by atoms with E-state index in [9.17, 15) is 4.79 Å². The van der Waals surface area contributed by atoms with Gasteiger partial charge in [0, 0.05) is 19.5 Å². The second-order valence-electron chi connectivity index (χ2n) is 4.99. The summed E-state index contributed by atoms with van der Waals surface area (Å²) >= 11 is 0. The zero-order valence-corrected chi connectivity index (χ0v) is 10.2. The fraction of sp³-hybridized carbons (Fsp3) is 0.818. The number of rotatable bonds is 0. The van der Waals surface area contributed by atoms with Crippen LogP contribution < -0.4 is 0 Å². The predicted octanol–water partition coefficient (Wildman–Crippen LogP) is 2.24. The highest BCUT2D eigenvalue weighted by molar-refractivity contribution is 5.85. The monoisotopic (exact) mass is 228 g/mol. The summed E-state index contributed by atoms with van der Waals surface area (Å²) in [6.07, 6.45) is 1.90. The molecule has 1 fully saturated rings. The summed E-state index contributed by atoms with van der Waals surface area (Å²) in [5, 5.41) is 11.9. The van der Waals surface area contributed by atoms with Crippen molar-refractivity contribution in [1.82, 2.24) is 4.90 Å². The number of ether oxygens (including phenoxy) is 1. The SMILES string of the molecule is CC(C)(C)OC(=O)N1CCCC(=NO)CC1. The van der Waals surface area contributed by atoms with Crippen molar-refractivity contribution >= 4 is 11.8 Å². The predicted molar refractivity (Wildman–Crippen MR) is 60.9 cm³/mol. The Balaban J connectivity index is 2.51. The molecular formula is C11H20N2O3. The molecule has 0 aromatic carbocycles. The Morgan fingerprint density at radius 1 is 1.38 bits per heavy atom. The Bertz CT molecular complexity index is 281. The lowest BCUT2D eigenvalue weighted by atomic mass is 10.2. The summed E-state index contributed by atoms with van der Waals surface area (Å²) in [5.41, 5.74) is 0.295. The van der Waals surface area contributed by atoms with Gasteiger partial charge in [-0.25, -0.2) is 4.79 Å². The standard InChI is InChI=1S/C11H20N2O3/c1-11(2,3)16-10(14)13-7-4-5-9(12-15)6-8-13/h15H,4-8H2,1-3H3. The van der Waals surface area contributed by atoms with Crippen molar-refractivity contribution < 1.29 is 14.7 Å². The molecule has 1 rings (SSSR count). The van der Waals surface area contributed by atoms with E-state index in [4.69, 9.17) is 9.94 Å². The lowest BCUT2D eigenvalue weighted by Gasteiger charge is -2.26. The summed E-state index contributed by atoms with van der Waals surface area (Å²) < 4.78 is 5.29. The van der Waals surface area contributed by atoms with Crippen molar-refractivity contribution in [2.45, 2.75) is 45.6 Å². The quantitative estimate of drug-likeness (QED) is 0.511. The minimum Gasteiger partial charge on any atom is -0.444 e. The molecule has 0 spiro atoms. The zero-order valence-electron chi connectivity index (χ0n) is 10.2. The Morgan fingerprint density at radius 3 is 2.62 bits per heavy atom. The molecular weight excluding hydrogens is 208 g/mol. The average molecular weight is 228 g/mol. The Morgan fingerprint density at radius 2 is 2.06 bits per heavy atom. The van der Waals surface area contributed by atoms with Crippen LogP contribution in [-0.4, -0.2) is 40.6 Å². The Hall–Kier alpha value is -1.26. The van der Waals surface area contributed by atoms with Gasteiger partial charge in [-0.3, -0.25) is 0 Å². The third-order valence-electron chi connectivity index (χ3n) is 2.36. The van der Waals surface area contributed by atoms with Gasteiger partial charge in [-0.15, -0.1) is 0 Å². The molecule has 5 heteroatoms. The topological polar surface area (TPSA) is 62.1 Å². The van der Waals surface area contributed by atoms with Gasteiger partial charge in [-0.1, -0.05) is 5.16 Å². The highest BCUT2D eigenvalue weighted by atomic mass is 16.6. The number of hydrogen-bond acceptors (Lipinski definition) is 4. The molecule has 1 saturated heterocycles. The average Bonchev–Trinajstić information content (AvgIpc) is 2.39. The van der Waals surface area contributed by atoms with Crippen molar-refractivity contribution in [2.75, 3.05) is 13.1 Å². The van der Waals surface area contributed by atoms with E-state index in [2.05, 4.69) is 5.16 Å². The number of nitrogens with zero attached hydrogens (tertiary/aromatic N) is 2. The second kappa shape index (κ2) is 5.18. The highest BCUT2D eigenvalue weighted by Gasteiger charge is 2.23. The van der Waals surface area contributed by atoms with Crippen LogP contribution in [0.1, 0.15) is 40.0 Å². The summed E-state index contributed by atoms with van der Waals surface area (Å²) in [6, 6.07) is 0. The lowest BCUT2D eigenvalue weighted by molar-refractivity contribution is 0.0259. The van der Waals surface area contributed by atoms with Gasteiger partial charge in [0.05, 0.1) is 5.71 Å². The van der Waals surface area contributed by atoms with E-state index in [0.717, 1.165) is 18.6 Å². The molecule has 0 unspecified atom stereocenters. The first-order valence-corrected chi connectivity index (χ1v) is 5.60. The van der Waals surface area contributed by atoms with E-state index in [-0.39, 0.29) is 6.09 Å². The third kappa shape index (κ3) is 4.08. The Labute approximate surface area is 96.1 Å². The van der Waals surface area contributed by atoms with Crippen LogP contribution in [0, 0.1) is 0 Å². The molecule has 0 aromatic heterocycles. The van der Waals surface area contributed by atoms with Crippen LogP contribution in [0.15, 0.2) is 5.16 Å². The molecule has 0 atom stereocenters. The van der Waals surface area contributed by atoms with E-state index >= 15 is 0 Å². The fourth-order valence-electron chi connectivity index (χ4n) is 1.58. The minimum atomic E-state index is -0.461. The van der Waals surface area contributed by atoms with Gasteiger partial charge in [0.25, 0.3) is 0 Å². The van der Waals surface area contributed by atoms with E-state index in [1.807, 2.05) is 20.8 Å². The third-order valence-corrected chi connectivity index (χ3v) is 2.36. The van der Waals surface area contributed by atoms with Crippen LogP contribution >= 0.6 is 0 Å². The summed E-state index contributed by atoms with van der Waals surface area (Å²) in [6.45, 7) is 6.78. The first-order valence-electron chi connectivity index (χ1n) is 5.60. The maximum Gasteiger partial charge on any atom is 0.410 e. The van der Waals surface area contributed by atoms with Crippen molar-refractivity contribution in [1.29, 1.82) is 0 Å². The van der Waals surface area contributed by atoms with Gasteiger partial charge in [0.1, 0.15) is 5.60 Å². The molecule has 1 heterocycles. The van der Waals surface area contributed by atoms with Gasteiger partial charge in [-0.05, 0) is 33.6 Å². The number of likely N-dealkylation sites (tertiary alicyclic amines) is 1. The maximum absolute atomic E-state index is 11.8. The van der Waals surface area contributed by atoms with Gasteiger partial charge >= 0.3 is 6.09 Å². The molecule has 1 aliphatic heterocycles. The molecule has 0 radical (unpaired) electrons. The Kier molecular flexibility index (Phi) is 4.15. The van der Waals surface area contributed by atoms with Crippen molar-refractivity contribution in [2.24, 2.45) is 5.16 Å². The fourth-order valence-corrected chi connectivity index (χ4v) is 1.58. The number of carbonyl (C=O) groups excluding carboxylic acids is 1. The van der Waals surface area contributed by atoms with Gasteiger partial charge < -0.3 is 14.8 Å². The first-order chi connectivity index (χ1) is 7.42. The molecule has 92 valence electrons. The molecule has 0 saturated carbocycles. The molecule has 5 nitrogen and oxygen atoms in total. The van der Waals surface area contributed by atoms with E-state index in [1.54, 1.807) is 4.90 Å². The van der Waals surface area contributed by atoms with Crippen LogP contribution in [0.2, 0.25) is 0 Å². The van der Waals surface area contributed by atoms with Crippen LogP contribution in [0.4, 0.5) is 4.79 Å². The summed E-state index contributed by atoms with van der Waals surface area (Å²) in [5.74, 6) is 0. The number of oxime groups is 1. The van der Waals surface area contributed by atoms with Gasteiger partial charge in [0.2, 0.25) is 0 Å². The van der Waals surface area contributed by atoms with Crippen LogP contribution in [0.3, 0.4) is 0 Å². The van der Waals surface area contributed by atoms with Gasteiger partial charge in [-0.2, -0.15) is 0 Å². The molecule has 0 aromatic rings. The largest absolute Gasteiger partial charge is 0.444 e. The van der Waals surface area contributed by atoms with Gasteiger partial charge in [0.15, 0.2) is 0 Å².